The molecule has 12 nitrogen and oxygen atoms in total. The minimum atomic E-state index is -1.21. The molecular formula is C17H33N7O5. The van der Waals surface area contributed by atoms with Crippen molar-refractivity contribution in [3.05, 3.63) is 0 Å². The summed E-state index contributed by atoms with van der Waals surface area (Å²) < 4.78 is 0. The number of carboxylic acids is 1. The zero-order valence-electron chi connectivity index (χ0n) is 17.1. The second-order valence-electron chi connectivity index (χ2n) is 7.10. The average Bonchev–Trinajstić information content (AvgIpc) is 2.60. The predicted octanol–water partition coefficient (Wildman–Crippen LogP) is -2.40. The summed E-state index contributed by atoms with van der Waals surface area (Å²) in [5.41, 5.74) is 15.9. The molecule has 0 aliphatic rings. The number of carbonyl (C=O) groups excluding carboxylic acids is 3. The number of aliphatic imine (C=N–C) groups is 1. The summed E-state index contributed by atoms with van der Waals surface area (Å²) >= 11 is 0. The van der Waals surface area contributed by atoms with Crippen molar-refractivity contribution < 1.29 is 24.3 Å². The number of nitrogens with two attached hydrogens (primary N) is 3. The number of guanidine groups is 1. The standard InChI is InChI=1S/C17H33N7O5/c1-9(2)7-12(24-14(26)10(3)18)15(27)22-8-13(25)23-11(16(28)29)5-4-6-21-17(19)20/h9-12H,4-8,18H2,1-3H3,(H,22,27)(H,23,25)(H,24,26)(H,28,29)(H4,19,20,21). The molecule has 166 valence electrons. The molecule has 0 bridgehead atoms. The zero-order valence-corrected chi connectivity index (χ0v) is 17.1. The van der Waals surface area contributed by atoms with E-state index in [0.717, 1.165) is 0 Å². The van der Waals surface area contributed by atoms with E-state index in [1.807, 2.05) is 13.8 Å². The number of carbonyl (C=O) groups is 4. The van der Waals surface area contributed by atoms with E-state index >= 15 is 0 Å². The summed E-state index contributed by atoms with van der Waals surface area (Å²) in [6.07, 6.45) is 0.821. The molecule has 0 aliphatic carbocycles. The van der Waals surface area contributed by atoms with Gasteiger partial charge in [0.15, 0.2) is 5.96 Å². The van der Waals surface area contributed by atoms with E-state index in [1.165, 1.54) is 6.92 Å². The lowest BCUT2D eigenvalue weighted by Crippen LogP contribution is -2.53. The lowest BCUT2D eigenvalue weighted by Gasteiger charge is -2.21. The first-order valence-electron chi connectivity index (χ1n) is 9.35. The van der Waals surface area contributed by atoms with Crippen LogP contribution in [-0.2, 0) is 19.2 Å². The smallest absolute Gasteiger partial charge is 0.326 e. The maximum atomic E-state index is 12.3. The van der Waals surface area contributed by atoms with Crippen LogP contribution in [0.4, 0.5) is 0 Å². The van der Waals surface area contributed by atoms with Crippen LogP contribution in [-0.4, -0.2) is 66.0 Å². The highest BCUT2D eigenvalue weighted by Crippen LogP contribution is 2.05. The van der Waals surface area contributed by atoms with E-state index in [-0.39, 0.29) is 24.8 Å². The van der Waals surface area contributed by atoms with Crippen molar-refractivity contribution in [2.45, 2.75) is 58.2 Å². The number of amides is 3. The van der Waals surface area contributed by atoms with Crippen LogP contribution in [0.1, 0.15) is 40.0 Å². The predicted molar refractivity (Wildman–Crippen MR) is 108 cm³/mol. The van der Waals surface area contributed by atoms with Gasteiger partial charge in [-0.15, -0.1) is 0 Å². The van der Waals surface area contributed by atoms with Crippen molar-refractivity contribution in [1.29, 1.82) is 0 Å². The molecular weight excluding hydrogens is 382 g/mol. The average molecular weight is 415 g/mol. The maximum absolute atomic E-state index is 12.3. The Kier molecular flexibility index (Phi) is 12.0. The van der Waals surface area contributed by atoms with Crippen LogP contribution in [0.15, 0.2) is 4.99 Å². The molecule has 0 saturated heterocycles. The van der Waals surface area contributed by atoms with E-state index in [9.17, 15) is 24.3 Å². The Morgan fingerprint density at radius 1 is 1.00 bits per heavy atom. The summed E-state index contributed by atoms with van der Waals surface area (Å²) in [6, 6.07) is -2.77. The second-order valence-corrected chi connectivity index (χ2v) is 7.10. The fourth-order valence-electron chi connectivity index (χ4n) is 2.30. The summed E-state index contributed by atoms with van der Waals surface area (Å²) in [6.45, 7) is 5.05. The van der Waals surface area contributed by atoms with Gasteiger partial charge in [0.1, 0.15) is 12.1 Å². The topological polar surface area (TPSA) is 215 Å². The van der Waals surface area contributed by atoms with Crippen LogP contribution in [0.3, 0.4) is 0 Å². The van der Waals surface area contributed by atoms with Gasteiger partial charge in [0.25, 0.3) is 0 Å². The fourth-order valence-corrected chi connectivity index (χ4v) is 2.30. The van der Waals surface area contributed by atoms with Crippen molar-refractivity contribution in [3.63, 3.8) is 0 Å². The summed E-state index contributed by atoms with van der Waals surface area (Å²) in [5.74, 6) is -2.92. The molecule has 0 rings (SSSR count). The first-order chi connectivity index (χ1) is 13.4. The molecule has 3 amide bonds. The van der Waals surface area contributed by atoms with Gasteiger partial charge in [-0.1, -0.05) is 13.8 Å². The number of aliphatic carboxylic acids is 1. The molecule has 3 atom stereocenters. The Bertz CT molecular complexity index is 603. The fraction of sp³-hybridized carbons (Fsp3) is 0.706. The minimum Gasteiger partial charge on any atom is -0.480 e. The molecule has 0 aromatic heterocycles. The molecule has 0 aliphatic heterocycles. The van der Waals surface area contributed by atoms with E-state index < -0.39 is 48.4 Å². The van der Waals surface area contributed by atoms with Gasteiger partial charge < -0.3 is 38.3 Å². The minimum absolute atomic E-state index is 0.101. The third kappa shape index (κ3) is 12.2. The van der Waals surface area contributed by atoms with Gasteiger partial charge in [0.2, 0.25) is 17.7 Å². The lowest BCUT2D eigenvalue weighted by molar-refractivity contribution is -0.142. The van der Waals surface area contributed by atoms with Crippen LogP contribution < -0.4 is 33.2 Å². The number of hydrogen-bond donors (Lipinski definition) is 7. The third-order valence-corrected chi connectivity index (χ3v) is 3.76. The Morgan fingerprint density at radius 3 is 2.10 bits per heavy atom. The van der Waals surface area contributed by atoms with E-state index in [2.05, 4.69) is 20.9 Å². The summed E-state index contributed by atoms with van der Waals surface area (Å²) in [5, 5.41) is 16.5. The normalized spacial score (nSPS) is 13.7. The van der Waals surface area contributed by atoms with Crippen LogP contribution in [0, 0.1) is 5.92 Å². The number of nitrogens with zero attached hydrogens (tertiary/aromatic N) is 1. The van der Waals surface area contributed by atoms with Gasteiger partial charge in [-0.05, 0) is 32.1 Å². The van der Waals surface area contributed by atoms with Gasteiger partial charge in [-0.3, -0.25) is 19.4 Å². The van der Waals surface area contributed by atoms with Crippen LogP contribution in [0.25, 0.3) is 0 Å². The monoisotopic (exact) mass is 415 g/mol. The van der Waals surface area contributed by atoms with Crippen molar-refractivity contribution in [1.82, 2.24) is 16.0 Å². The molecule has 10 N–H and O–H groups in total. The molecule has 0 aromatic rings. The van der Waals surface area contributed by atoms with E-state index in [4.69, 9.17) is 17.2 Å². The van der Waals surface area contributed by atoms with Gasteiger partial charge in [0.05, 0.1) is 12.6 Å². The van der Waals surface area contributed by atoms with Gasteiger partial charge in [-0.25, -0.2) is 4.79 Å². The molecule has 0 saturated carbocycles. The molecule has 29 heavy (non-hydrogen) atoms. The quantitative estimate of drug-likeness (QED) is 0.0975. The molecule has 0 radical (unpaired) electrons. The highest BCUT2D eigenvalue weighted by atomic mass is 16.4. The number of carboxylic acid groups (broad SMARTS) is 1. The highest BCUT2D eigenvalue weighted by molar-refractivity contribution is 5.92. The van der Waals surface area contributed by atoms with Gasteiger partial charge in [-0.2, -0.15) is 0 Å². The molecule has 0 spiro atoms. The van der Waals surface area contributed by atoms with Crippen molar-refractivity contribution >= 4 is 29.7 Å². The van der Waals surface area contributed by atoms with Gasteiger partial charge >= 0.3 is 5.97 Å². The van der Waals surface area contributed by atoms with Crippen molar-refractivity contribution in [3.8, 4) is 0 Å². The van der Waals surface area contributed by atoms with Crippen LogP contribution >= 0.6 is 0 Å². The highest BCUT2D eigenvalue weighted by Gasteiger charge is 2.24. The molecule has 0 fully saturated rings. The summed E-state index contributed by atoms with van der Waals surface area (Å²) in [7, 11) is 0. The first-order valence-corrected chi connectivity index (χ1v) is 9.35. The molecule has 3 unspecified atom stereocenters. The number of rotatable bonds is 13. The number of nitrogens with one attached hydrogen (secondary N) is 3. The van der Waals surface area contributed by atoms with Crippen LogP contribution in [0.2, 0.25) is 0 Å². The lowest BCUT2D eigenvalue weighted by atomic mass is 10.0. The van der Waals surface area contributed by atoms with Gasteiger partial charge in [0, 0.05) is 6.54 Å². The summed E-state index contributed by atoms with van der Waals surface area (Å²) in [4.78, 5) is 51.1. The van der Waals surface area contributed by atoms with Crippen molar-refractivity contribution in [2.75, 3.05) is 13.1 Å². The molecule has 0 aromatic carbocycles. The Labute approximate surface area is 170 Å². The zero-order chi connectivity index (χ0) is 22.6. The SMILES string of the molecule is CC(C)CC(NC(=O)C(C)N)C(=O)NCC(=O)NC(CCCN=C(N)N)C(=O)O. The number of hydrogen-bond acceptors (Lipinski definition) is 6. The molecule has 0 heterocycles. The van der Waals surface area contributed by atoms with E-state index in [1.54, 1.807) is 0 Å². The maximum Gasteiger partial charge on any atom is 0.326 e. The Hall–Kier alpha value is -2.89. The second kappa shape index (κ2) is 13.3. The largest absolute Gasteiger partial charge is 0.480 e. The molecule has 12 heteroatoms. The Morgan fingerprint density at radius 2 is 1.62 bits per heavy atom. The third-order valence-electron chi connectivity index (χ3n) is 3.76. The van der Waals surface area contributed by atoms with Crippen LogP contribution in [0.5, 0.6) is 0 Å². The Balaban J connectivity index is 4.67. The first kappa shape index (κ1) is 26.1. The van der Waals surface area contributed by atoms with Crippen molar-refractivity contribution in [2.24, 2.45) is 28.1 Å². The van der Waals surface area contributed by atoms with E-state index in [0.29, 0.717) is 12.8 Å².